The van der Waals surface area contributed by atoms with Gasteiger partial charge in [-0.25, -0.2) is 4.98 Å². The van der Waals surface area contributed by atoms with Crippen LogP contribution < -0.4 is 11.1 Å². The molecule has 90 valence electrons. The molecular weight excluding hydrogens is 222 g/mol. The summed E-state index contributed by atoms with van der Waals surface area (Å²) < 4.78 is 0. The van der Waals surface area contributed by atoms with Gasteiger partial charge in [0.05, 0.1) is 5.69 Å². The van der Waals surface area contributed by atoms with E-state index in [9.17, 15) is 4.79 Å². The summed E-state index contributed by atoms with van der Waals surface area (Å²) >= 11 is 1.50. The molecule has 3 N–H and O–H groups in total. The average Bonchev–Trinajstić information content (AvgIpc) is 2.41. The number of thiazole rings is 1. The fourth-order valence-corrected chi connectivity index (χ4v) is 1.97. The van der Waals surface area contributed by atoms with E-state index < -0.39 is 0 Å². The third-order valence-electron chi connectivity index (χ3n) is 2.27. The van der Waals surface area contributed by atoms with E-state index in [-0.39, 0.29) is 11.4 Å². The zero-order valence-electron chi connectivity index (χ0n) is 10.3. The molecule has 0 atom stereocenters. The van der Waals surface area contributed by atoms with Crippen molar-refractivity contribution < 1.29 is 4.79 Å². The average molecular weight is 241 g/mol. The Kier molecular flexibility index (Phi) is 4.04. The summed E-state index contributed by atoms with van der Waals surface area (Å²) in [6.45, 7) is 7.76. The van der Waals surface area contributed by atoms with Crippen molar-refractivity contribution in [3.63, 3.8) is 0 Å². The van der Waals surface area contributed by atoms with Crippen molar-refractivity contribution in [1.29, 1.82) is 0 Å². The van der Waals surface area contributed by atoms with E-state index in [1.165, 1.54) is 11.3 Å². The van der Waals surface area contributed by atoms with Crippen LogP contribution in [0.15, 0.2) is 0 Å². The lowest BCUT2D eigenvalue weighted by Gasteiger charge is -2.17. The van der Waals surface area contributed by atoms with Gasteiger partial charge in [0.2, 0.25) is 5.91 Å². The maximum Gasteiger partial charge on any atom is 0.226 e. The second-order valence-electron chi connectivity index (χ2n) is 4.70. The van der Waals surface area contributed by atoms with Crippen LogP contribution in [0.2, 0.25) is 0 Å². The number of carbonyl (C=O) groups excluding carboxylic acids is 1. The quantitative estimate of drug-likeness (QED) is 0.849. The minimum atomic E-state index is -0.300. The molecule has 0 fully saturated rings. The minimum Gasteiger partial charge on any atom is -0.326 e. The van der Waals surface area contributed by atoms with Gasteiger partial charge in [0.15, 0.2) is 5.13 Å². The number of aromatic nitrogens is 1. The molecule has 0 spiro atoms. The molecule has 1 heterocycles. The minimum absolute atomic E-state index is 0.0210. The van der Waals surface area contributed by atoms with Crippen molar-refractivity contribution in [2.24, 2.45) is 5.73 Å². The topological polar surface area (TPSA) is 68.0 Å². The summed E-state index contributed by atoms with van der Waals surface area (Å²) in [6.07, 6.45) is 1.10. The summed E-state index contributed by atoms with van der Waals surface area (Å²) in [5, 5.41) is 3.46. The van der Waals surface area contributed by atoms with Gasteiger partial charge in [-0.3, -0.25) is 4.79 Å². The third kappa shape index (κ3) is 4.28. The SMILES string of the molecule is Cc1nc(NC(=O)CCC(C)(C)N)sc1C. The molecule has 0 aliphatic heterocycles. The van der Waals surface area contributed by atoms with Gasteiger partial charge in [-0.1, -0.05) is 0 Å². The molecule has 0 aromatic carbocycles. The number of amides is 1. The van der Waals surface area contributed by atoms with Crippen molar-refractivity contribution in [3.05, 3.63) is 10.6 Å². The molecule has 1 amide bonds. The largest absolute Gasteiger partial charge is 0.326 e. The van der Waals surface area contributed by atoms with Gasteiger partial charge in [-0.2, -0.15) is 0 Å². The van der Waals surface area contributed by atoms with Gasteiger partial charge < -0.3 is 11.1 Å². The van der Waals surface area contributed by atoms with Gasteiger partial charge in [-0.05, 0) is 34.1 Å². The van der Waals surface area contributed by atoms with Gasteiger partial charge in [0, 0.05) is 16.8 Å². The van der Waals surface area contributed by atoms with E-state index in [4.69, 9.17) is 5.73 Å². The van der Waals surface area contributed by atoms with Crippen molar-refractivity contribution in [2.45, 2.75) is 46.1 Å². The molecule has 5 heteroatoms. The van der Waals surface area contributed by atoms with Crippen LogP contribution in [0.1, 0.15) is 37.3 Å². The highest BCUT2D eigenvalue weighted by molar-refractivity contribution is 7.15. The Morgan fingerprint density at radius 3 is 2.56 bits per heavy atom. The normalized spacial score (nSPS) is 11.6. The second kappa shape index (κ2) is 4.93. The van der Waals surface area contributed by atoms with Crippen molar-refractivity contribution in [2.75, 3.05) is 5.32 Å². The number of nitrogens with two attached hydrogens (primary N) is 1. The van der Waals surface area contributed by atoms with Crippen LogP contribution in [0.3, 0.4) is 0 Å². The van der Waals surface area contributed by atoms with Crippen LogP contribution in [-0.2, 0) is 4.79 Å². The first-order valence-corrected chi connectivity index (χ1v) is 6.12. The van der Waals surface area contributed by atoms with Crippen LogP contribution in [0.4, 0.5) is 5.13 Å². The Balaban J connectivity index is 2.46. The van der Waals surface area contributed by atoms with Gasteiger partial charge >= 0.3 is 0 Å². The number of nitrogens with one attached hydrogen (secondary N) is 1. The van der Waals surface area contributed by atoms with Crippen molar-refractivity contribution >= 4 is 22.4 Å². The smallest absolute Gasteiger partial charge is 0.226 e. The van der Waals surface area contributed by atoms with Crippen molar-refractivity contribution in [3.8, 4) is 0 Å². The first kappa shape index (κ1) is 13.1. The number of anilines is 1. The number of carbonyl (C=O) groups is 1. The number of hydrogen-bond acceptors (Lipinski definition) is 4. The van der Waals surface area contributed by atoms with Gasteiger partial charge in [0.1, 0.15) is 0 Å². The van der Waals surface area contributed by atoms with E-state index in [1.54, 1.807) is 0 Å². The molecule has 0 unspecified atom stereocenters. The Morgan fingerprint density at radius 2 is 2.12 bits per heavy atom. The molecule has 1 aromatic heterocycles. The summed E-state index contributed by atoms with van der Waals surface area (Å²) in [5.74, 6) is -0.0210. The standard InChI is InChI=1S/C11H19N3OS/c1-7-8(2)16-10(13-7)14-9(15)5-6-11(3,4)12/h5-6,12H2,1-4H3,(H,13,14,15). The van der Waals surface area contributed by atoms with Gasteiger partial charge in [0.25, 0.3) is 0 Å². The lowest BCUT2D eigenvalue weighted by Crippen LogP contribution is -2.33. The highest BCUT2D eigenvalue weighted by atomic mass is 32.1. The Labute approximate surface area is 100 Å². The van der Waals surface area contributed by atoms with E-state index in [2.05, 4.69) is 10.3 Å². The third-order valence-corrected chi connectivity index (χ3v) is 3.26. The zero-order chi connectivity index (χ0) is 12.3. The maximum absolute atomic E-state index is 11.6. The molecule has 0 saturated carbocycles. The van der Waals surface area contributed by atoms with Crippen molar-refractivity contribution in [1.82, 2.24) is 4.98 Å². The highest BCUT2D eigenvalue weighted by Gasteiger charge is 2.14. The van der Waals surface area contributed by atoms with Crippen LogP contribution in [0.5, 0.6) is 0 Å². The molecule has 0 aliphatic rings. The summed E-state index contributed by atoms with van der Waals surface area (Å²) in [7, 11) is 0. The van der Waals surface area contributed by atoms with Crippen LogP contribution in [0, 0.1) is 13.8 Å². The molecule has 0 aliphatic carbocycles. The van der Waals surface area contributed by atoms with E-state index in [0.29, 0.717) is 18.0 Å². The predicted octanol–water partition coefficient (Wildman–Crippen LogP) is 2.22. The lowest BCUT2D eigenvalue weighted by molar-refractivity contribution is -0.116. The molecule has 16 heavy (non-hydrogen) atoms. The molecule has 4 nitrogen and oxygen atoms in total. The number of rotatable bonds is 4. The fourth-order valence-electron chi connectivity index (χ4n) is 1.14. The Bertz CT molecular complexity index is 360. The van der Waals surface area contributed by atoms with Crippen LogP contribution in [0.25, 0.3) is 0 Å². The zero-order valence-corrected chi connectivity index (χ0v) is 11.1. The monoisotopic (exact) mass is 241 g/mol. The van der Waals surface area contributed by atoms with Crippen LogP contribution >= 0.6 is 11.3 Å². The fraction of sp³-hybridized carbons (Fsp3) is 0.636. The maximum atomic E-state index is 11.6. The molecule has 0 saturated heterocycles. The van der Waals surface area contributed by atoms with E-state index in [0.717, 1.165) is 10.6 Å². The number of aryl methyl sites for hydroxylation is 2. The number of nitrogens with zero attached hydrogens (tertiary/aromatic N) is 1. The molecular formula is C11H19N3OS. The summed E-state index contributed by atoms with van der Waals surface area (Å²) in [5.41, 5.74) is 6.48. The Morgan fingerprint density at radius 1 is 1.50 bits per heavy atom. The van der Waals surface area contributed by atoms with E-state index in [1.807, 2.05) is 27.7 Å². The molecule has 1 aromatic rings. The van der Waals surface area contributed by atoms with Crippen LogP contribution in [-0.4, -0.2) is 16.4 Å². The Hall–Kier alpha value is -0.940. The number of hydrogen-bond donors (Lipinski definition) is 2. The summed E-state index contributed by atoms with van der Waals surface area (Å²) in [6, 6.07) is 0. The first-order valence-electron chi connectivity index (χ1n) is 5.31. The molecule has 0 bridgehead atoms. The van der Waals surface area contributed by atoms with E-state index >= 15 is 0 Å². The molecule has 0 radical (unpaired) electrons. The lowest BCUT2D eigenvalue weighted by atomic mass is 10.00. The second-order valence-corrected chi connectivity index (χ2v) is 5.90. The first-order chi connectivity index (χ1) is 7.28. The molecule has 1 rings (SSSR count). The van der Waals surface area contributed by atoms with Gasteiger partial charge in [-0.15, -0.1) is 11.3 Å². The summed E-state index contributed by atoms with van der Waals surface area (Å²) in [4.78, 5) is 17.0. The predicted molar refractivity (Wildman–Crippen MR) is 67.7 cm³/mol. The highest BCUT2D eigenvalue weighted by Crippen LogP contribution is 2.21.